The number of benzene rings is 1. The summed E-state index contributed by atoms with van der Waals surface area (Å²) in [6.07, 6.45) is 5.27. The van der Waals surface area contributed by atoms with E-state index in [0.29, 0.717) is 24.6 Å². The van der Waals surface area contributed by atoms with Crippen LogP contribution in [-0.2, 0) is 6.54 Å². The average molecular weight is 325 g/mol. The first kappa shape index (κ1) is 15.7. The van der Waals surface area contributed by atoms with Crippen molar-refractivity contribution in [2.24, 2.45) is 0 Å². The molecule has 0 aliphatic heterocycles. The third-order valence-corrected chi connectivity index (χ3v) is 3.47. The maximum absolute atomic E-state index is 12.1. The van der Waals surface area contributed by atoms with Crippen molar-refractivity contribution < 1.29 is 4.79 Å². The molecule has 0 bridgehead atoms. The first-order chi connectivity index (χ1) is 11.6. The highest BCUT2D eigenvalue weighted by atomic mass is 16.2. The van der Waals surface area contributed by atoms with Crippen molar-refractivity contribution in [3.8, 4) is 5.69 Å². The van der Waals surface area contributed by atoms with E-state index in [9.17, 15) is 4.79 Å². The van der Waals surface area contributed by atoms with Crippen molar-refractivity contribution in [3.05, 3.63) is 54.6 Å². The fourth-order valence-corrected chi connectivity index (χ4v) is 2.40. The summed E-state index contributed by atoms with van der Waals surface area (Å²) in [5.41, 5.74) is 1.45. The molecule has 3 rings (SSSR count). The lowest BCUT2D eigenvalue weighted by molar-refractivity contribution is 0.251. The SMILES string of the molecule is Cc1nc(C)n(-c2ccccc2NC(=O)NCCn2ccnc2)n1. The van der Waals surface area contributed by atoms with Gasteiger partial charge in [-0.1, -0.05) is 12.1 Å². The van der Waals surface area contributed by atoms with Gasteiger partial charge in [0.2, 0.25) is 0 Å². The van der Waals surface area contributed by atoms with Crippen molar-refractivity contribution >= 4 is 11.7 Å². The number of rotatable bonds is 5. The van der Waals surface area contributed by atoms with Gasteiger partial charge in [0.1, 0.15) is 11.6 Å². The number of aromatic nitrogens is 5. The van der Waals surface area contributed by atoms with Gasteiger partial charge in [-0.2, -0.15) is 5.10 Å². The summed E-state index contributed by atoms with van der Waals surface area (Å²) in [4.78, 5) is 20.4. The molecule has 8 nitrogen and oxygen atoms in total. The molecule has 3 aromatic rings. The van der Waals surface area contributed by atoms with Crippen LogP contribution in [0.5, 0.6) is 0 Å². The van der Waals surface area contributed by atoms with Crippen molar-refractivity contribution in [1.29, 1.82) is 0 Å². The monoisotopic (exact) mass is 325 g/mol. The van der Waals surface area contributed by atoms with Gasteiger partial charge in [0.15, 0.2) is 0 Å². The second-order valence-corrected chi connectivity index (χ2v) is 5.32. The van der Waals surface area contributed by atoms with Gasteiger partial charge in [0, 0.05) is 25.5 Å². The van der Waals surface area contributed by atoms with Crippen molar-refractivity contribution in [1.82, 2.24) is 29.6 Å². The molecule has 2 heterocycles. The van der Waals surface area contributed by atoms with E-state index in [1.54, 1.807) is 17.2 Å². The summed E-state index contributed by atoms with van der Waals surface area (Å²) in [5, 5.41) is 10.1. The Balaban J connectivity index is 1.66. The Morgan fingerprint density at radius 3 is 2.79 bits per heavy atom. The Morgan fingerprint density at radius 2 is 2.08 bits per heavy atom. The number of nitrogens with one attached hydrogen (secondary N) is 2. The number of imidazole rings is 1. The highest BCUT2D eigenvalue weighted by Gasteiger charge is 2.11. The zero-order valence-corrected chi connectivity index (χ0v) is 13.6. The van der Waals surface area contributed by atoms with E-state index < -0.39 is 0 Å². The van der Waals surface area contributed by atoms with E-state index in [4.69, 9.17) is 0 Å². The Labute approximate surface area is 139 Å². The number of anilines is 1. The lowest BCUT2D eigenvalue weighted by Crippen LogP contribution is -2.31. The molecule has 0 aliphatic carbocycles. The smallest absolute Gasteiger partial charge is 0.319 e. The average Bonchev–Trinajstić information content (AvgIpc) is 3.17. The van der Waals surface area contributed by atoms with E-state index in [1.165, 1.54) is 0 Å². The predicted octanol–water partition coefficient (Wildman–Crippen LogP) is 1.90. The van der Waals surface area contributed by atoms with Gasteiger partial charge in [-0.3, -0.25) is 0 Å². The lowest BCUT2D eigenvalue weighted by Gasteiger charge is -2.12. The third kappa shape index (κ3) is 3.60. The van der Waals surface area contributed by atoms with Gasteiger partial charge in [-0.05, 0) is 26.0 Å². The third-order valence-electron chi connectivity index (χ3n) is 3.47. The van der Waals surface area contributed by atoms with Crippen LogP contribution in [0.1, 0.15) is 11.6 Å². The highest BCUT2D eigenvalue weighted by Crippen LogP contribution is 2.20. The van der Waals surface area contributed by atoms with E-state index in [-0.39, 0.29) is 6.03 Å². The minimum atomic E-state index is -0.267. The van der Waals surface area contributed by atoms with Crippen LogP contribution < -0.4 is 10.6 Å². The molecule has 1 aromatic carbocycles. The number of amides is 2. The summed E-state index contributed by atoms with van der Waals surface area (Å²) in [6, 6.07) is 7.22. The number of para-hydroxylation sites is 2. The molecule has 2 N–H and O–H groups in total. The van der Waals surface area contributed by atoms with Gasteiger partial charge < -0.3 is 15.2 Å². The van der Waals surface area contributed by atoms with Crippen LogP contribution in [0, 0.1) is 13.8 Å². The topological polar surface area (TPSA) is 89.7 Å². The molecular formula is C16H19N7O. The number of hydrogen-bond acceptors (Lipinski definition) is 4. The Kier molecular flexibility index (Phi) is 4.55. The number of carbonyl (C=O) groups excluding carboxylic acids is 1. The molecule has 0 atom stereocenters. The van der Waals surface area contributed by atoms with Crippen LogP contribution in [0.15, 0.2) is 43.0 Å². The van der Waals surface area contributed by atoms with Gasteiger partial charge in [0.25, 0.3) is 0 Å². The van der Waals surface area contributed by atoms with E-state index in [1.807, 2.05) is 48.9 Å². The molecule has 24 heavy (non-hydrogen) atoms. The highest BCUT2D eigenvalue weighted by molar-refractivity contribution is 5.91. The van der Waals surface area contributed by atoms with Crippen LogP contribution in [0.2, 0.25) is 0 Å². The normalized spacial score (nSPS) is 10.6. The second-order valence-electron chi connectivity index (χ2n) is 5.32. The maximum atomic E-state index is 12.1. The van der Waals surface area contributed by atoms with Crippen molar-refractivity contribution in [3.63, 3.8) is 0 Å². The number of hydrogen-bond donors (Lipinski definition) is 2. The van der Waals surface area contributed by atoms with Gasteiger partial charge in [-0.15, -0.1) is 0 Å². The summed E-state index contributed by atoms with van der Waals surface area (Å²) in [6.45, 7) is 4.88. The van der Waals surface area contributed by atoms with Crippen LogP contribution in [-0.4, -0.2) is 36.9 Å². The van der Waals surface area contributed by atoms with Crippen LogP contribution in [0.25, 0.3) is 5.69 Å². The van der Waals surface area contributed by atoms with Crippen LogP contribution >= 0.6 is 0 Å². The molecule has 0 spiro atoms. The Morgan fingerprint density at radius 1 is 1.25 bits per heavy atom. The van der Waals surface area contributed by atoms with Crippen molar-refractivity contribution in [2.45, 2.75) is 20.4 Å². The quantitative estimate of drug-likeness (QED) is 0.750. The molecule has 0 unspecified atom stereocenters. The van der Waals surface area contributed by atoms with Crippen molar-refractivity contribution in [2.75, 3.05) is 11.9 Å². The molecule has 8 heteroatoms. The zero-order valence-electron chi connectivity index (χ0n) is 13.6. The lowest BCUT2D eigenvalue weighted by atomic mass is 10.2. The molecule has 124 valence electrons. The number of nitrogens with zero attached hydrogens (tertiary/aromatic N) is 5. The first-order valence-corrected chi connectivity index (χ1v) is 7.64. The van der Waals surface area contributed by atoms with Gasteiger partial charge in [0.05, 0.1) is 17.7 Å². The fraction of sp³-hybridized carbons (Fsp3) is 0.250. The summed E-state index contributed by atoms with van der Waals surface area (Å²) in [5.74, 6) is 1.45. The molecule has 0 saturated carbocycles. The summed E-state index contributed by atoms with van der Waals surface area (Å²) < 4.78 is 3.62. The van der Waals surface area contributed by atoms with E-state index in [0.717, 1.165) is 11.5 Å². The predicted molar refractivity (Wildman–Crippen MR) is 90.1 cm³/mol. The van der Waals surface area contributed by atoms with Gasteiger partial charge >= 0.3 is 6.03 Å². The molecule has 0 radical (unpaired) electrons. The molecule has 0 saturated heterocycles. The van der Waals surface area contributed by atoms with E-state index in [2.05, 4.69) is 25.7 Å². The molecule has 2 aromatic heterocycles. The van der Waals surface area contributed by atoms with Crippen LogP contribution in [0.4, 0.5) is 10.5 Å². The number of carbonyl (C=O) groups is 1. The number of aryl methyl sites for hydroxylation is 2. The minimum absolute atomic E-state index is 0.267. The molecule has 0 fully saturated rings. The fourth-order valence-electron chi connectivity index (χ4n) is 2.40. The molecule has 0 aliphatic rings. The summed E-state index contributed by atoms with van der Waals surface area (Å²) >= 11 is 0. The Bertz CT molecular complexity index is 823. The largest absolute Gasteiger partial charge is 0.336 e. The second kappa shape index (κ2) is 6.95. The van der Waals surface area contributed by atoms with Crippen LogP contribution in [0.3, 0.4) is 0 Å². The van der Waals surface area contributed by atoms with E-state index >= 15 is 0 Å². The van der Waals surface area contributed by atoms with Gasteiger partial charge in [-0.25, -0.2) is 19.4 Å². The Hall–Kier alpha value is -3.16. The standard InChI is InChI=1S/C16H19N7O/c1-12-19-13(2)23(21-12)15-6-4-3-5-14(15)20-16(24)18-8-10-22-9-7-17-11-22/h3-7,9,11H,8,10H2,1-2H3,(H2,18,20,24). The minimum Gasteiger partial charge on any atom is -0.336 e. The summed E-state index contributed by atoms with van der Waals surface area (Å²) in [7, 11) is 0. The zero-order chi connectivity index (χ0) is 16.9. The maximum Gasteiger partial charge on any atom is 0.319 e. The first-order valence-electron chi connectivity index (χ1n) is 7.64. The number of urea groups is 1. The molecular weight excluding hydrogens is 306 g/mol. The molecule has 2 amide bonds.